The van der Waals surface area contributed by atoms with Gasteiger partial charge in [0, 0.05) is 30.3 Å². The van der Waals surface area contributed by atoms with Crippen LogP contribution in [0.1, 0.15) is 35.8 Å². The number of Topliss-reactive ketones (excluding diaryl/α,β-unsaturated/α-hetero) is 1. The van der Waals surface area contributed by atoms with Crippen molar-refractivity contribution in [2.75, 3.05) is 33.3 Å². The summed E-state index contributed by atoms with van der Waals surface area (Å²) in [6, 6.07) is 13.9. The van der Waals surface area contributed by atoms with E-state index < -0.39 is 4.92 Å². The number of non-ortho nitro benzene ring substituents is 1. The van der Waals surface area contributed by atoms with Gasteiger partial charge < -0.3 is 10.1 Å². The average Bonchev–Trinajstić information content (AvgIpc) is 2.73. The van der Waals surface area contributed by atoms with E-state index in [1.54, 1.807) is 13.2 Å². The van der Waals surface area contributed by atoms with Crippen LogP contribution in [0, 0.1) is 10.1 Å². The lowest BCUT2D eigenvalue weighted by Crippen LogP contribution is -2.37. The summed E-state index contributed by atoms with van der Waals surface area (Å²) < 4.78 is 5.23. The first-order chi connectivity index (χ1) is 13.5. The summed E-state index contributed by atoms with van der Waals surface area (Å²) >= 11 is 0. The lowest BCUT2D eigenvalue weighted by atomic mass is 10.0. The van der Waals surface area contributed by atoms with Crippen LogP contribution in [-0.4, -0.2) is 48.9 Å². The quantitative estimate of drug-likeness (QED) is 0.362. The molecule has 0 aliphatic carbocycles. The molecule has 0 amide bonds. The topological polar surface area (TPSA) is 84.7 Å². The highest BCUT2D eigenvalue weighted by Crippen LogP contribution is 2.22. The van der Waals surface area contributed by atoms with E-state index in [1.807, 2.05) is 24.3 Å². The van der Waals surface area contributed by atoms with Crippen molar-refractivity contribution in [2.24, 2.45) is 0 Å². The number of hydrogen-bond acceptors (Lipinski definition) is 6. The Balaban J connectivity index is 2.05. The Labute approximate surface area is 165 Å². The molecule has 28 heavy (non-hydrogen) atoms. The highest BCUT2D eigenvalue weighted by molar-refractivity contribution is 5.98. The van der Waals surface area contributed by atoms with Crippen molar-refractivity contribution >= 4 is 11.5 Å². The van der Waals surface area contributed by atoms with Gasteiger partial charge in [0.15, 0.2) is 5.78 Å². The molecule has 7 nitrogen and oxygen atoms in total. The summed E-state index contributed by atoms with van der Waals surface area (Å²) in [7, 11) is 1.64. The molecule has 0 saturated heterocycles. The van der Waals surface area contributed by atoms with E-state index in [1.165, 1.54) is 18.2 Å². The molecule has 2 aromatic carbocycles. The second-order valence-electron chi connectivity index (χ2n) is 6.37. The van der Waals surface area contributed by atoms with Crippen molar-refractivity contribution in [2.45, 2.75) is 19.9 Å². The van der Waals surface area contributed by atoms with Crippen LogP contribution in [0.4, 0.5) is 5.69 Å². The fraction of sp³-hybridized carbons (Fsp3) is 0.381. The number of rotatable bonds is 11. The van der Waals surface area contributed by atoms with Crippen LogP contribution in [0.2, 0.25) is 0 Å². The average molecular weight is 385 g/mol. The van der Waals surface area contributed by atoms with Crippen molar-refractivity contribution in [3.8, 4) is 5.75 Å². The Bertz CT molecular complexity index is 788. The van der Waals surface area contributed by atoms with Gasteiger partial charge in [0.25, 0.3) is 5.69 Å². The van der Waals surface area contributed by atoms with E-state index >= 15 is 0 Å². The summed E-state index contributed by atoms with van der Waals surface area (Å²) in [6.07, 6.45) is 0. The summed E-state index contributed by atoms with van der Waals surface area (Å²) in [4.78, 5) is 25.1. The molecule has 1 atom stereocenters. The third-order valence-electron chi connectivity index (χ3n) is 4.76. The normalized spacial score (nSPS) is 12.0. The standard InChI is InChI=1S/C21H27N3O4/c1-4-23(5-2)20(16-9-11-19(28-3)12-10-16)14-22-15-21(25)17-7-6-8-18(13-17)24(26)27/h6-13,20,22H,4-5,14-15H2,1-3H3. The molecule has 2 aromatic rings. The monoisotopic (exact) mass is 385 g/mol. The van der Waals surface area contributed by atoms with E-state index in [2.05, 4.69) is 24.1 Å². The second kappa shape index (κ2) is 10.5. The van der Waals surface area contributed by atoms with Gasteiger partial charge in [-0.3, -0.25) is 19.8 Å². The fourth-order valence-electron chi connectivity index (χ4n) is 3.17. The number of carbonyl (C=O) groups excluding carboxylic acids is 1. The van der Waals surface area contributed by atoms with Gasteiger partial charge >= 0.3 is 0 Å². The predicted octanol–water partition coefficient (Wildman–Crippen LogP) is 3.46. The molecule has 0 aliphatic heterocycles. The molecule has 0 saturated carbocycles. The van der Waals surface area contributed by atoms with Crippen molar-refractivity contribution in [1.29, 1.82) is 0 Å². The zero-order chi connectivity index (χ0) is 20.5. The molecule has 0 aromatic heterocycles. The number of benzene rings is 2. The van der Waals surface area contributed by atoms with Crippen molar-refractivity contribution in [3.63, 3.8) is 0 Å². The Morgan fingerprint density at radius 1 is 1.18 bits per heavy atom. The zero-order valence-corrected chi connectivity index (χ0v) is 16.6. The summed E-state index contributed by atoms with van der Waals surface area (Å²) in [5.41, 5.74) is 1.40. The molecule has 0 heterocycles. The number of nitro groups is 1. The summed E-state index contributed by atoms with van der Waals surface area (Å²) in [6.45, 7) is 6.69. The summed E-state index contributed by atoms with van der Waals surface area (Å²) in [5.74, 6) is 0.632. The molecule has 7 heteroatoms. The Hall–Kier alpha value is -2.77. The zero-order valence-electron chi connectivity index (χ0n) is 16.6. The minimum atomic E-state index is -0.496. The van der Waals surface area contributed by atoms with Crippen LogP contribution in [0.25, 0.3) is 0 Å². The molecule has 0 radical (unpaired) electrons. The Morgan fingerprint density at radius 2 is 1.86 bits per heavy atom. The Kier molecular flexibility index (Phi) is 8.10. The van der Waals surface area contributed by atoms with Gasteiger partial charge in [-0.1, -0.05) is 38.1 Å². The van der Waals surface area contributed by atoms with Gasteiger partial charge in [-0.25, -0.2) is 0 Å². The number of nitro benzene ring substituents is 1. The fourth-order valence-corrected chi connectivity index (χ4v) is 3.17. The Morgan fingerprint density at radius 3 is 2.43 bits per heavy atom. The first kappa shape index (κ1) is 21.5. The van der Waals surface area contributed by atoms with Crippen molar-refractivity contribution in [3.05, 3.63) is 69.8 Å². The maximum absolute atomic E-state index is 12.4. The molecular weight excluding hydrogens is 358 g/mol. The van der Waals surface area contributed by atoms with Gasteiger partial charge in [0.05, 0.1) is 18.6 Å². The highest BCUT2D eigenvalue weighted by Gasteiger charge is 2.19. The van der Waals surface area contributed by atoms with E-state index in [0.29, 0.717) is 12.1 Å². The van der Waals surface area contributed by atoms with Crippen LogP contribution < -0.4 is 10.1 Å². The number of hydrogen-bond donors (Lipinski definition) is 1. The first-order valence-electron chi connectivity index (χ1n) is 9.36. The number of likely N-dealkylation sites (N-methyl/N-ethyl adjacent to an activating group) is 1. The number of carbonyl (C=O) groups is 1. The molecule has 1 unspecified atom stereocenters. The van der Waals surface area contributed by atoms with E-state index in [0.717, 1.165) is 24.4 Å². The van der Waals surface area contributed by atoms with E-state index in [4.69, 9.17) is 4.74 Å². The SMILES string of the molecule is CCN(CC)C(CNCC(=O)c1cccc([N+](=O)[O-])c1)c1ccc(OC)cc1. The van der Waals surface area contributed by atoms with Crippen LogP contribution in [0.15, 0.2) is 48.5 Å². The lowest BCUT2D eigenvalue weighted by molar-refractivity contribution is -0.384. The maximum atomic E-state index is 12.4. The van der Waals surface area contributed by atoms with E-state index in [-0.39, 0.29) is 24.1 Å². The van der Waals surface area contributed by atoms with E-state index in [9.17, 15) is 14.9 Å². The lowest BCUT2D eigenvalue weighted by Gasteiger charge is -2.30. The number of ketones is 1. The smallest absolute Gasteiger partial charge is 0.270 e. The largest absolute Gasteiger partial charge is 0.497 e. The van der Waals surface area contributed by atoms with Gasteiger partial charge in [-0.05, 0) is 30.8 Å². The summed E-state index contributed by atoms with van der Waals surface area (Å²) in [5, 5.41) is 14.1. The van der Waals surface area contributed by atoms with Crippen LogP contribution in [0.3, 0.4) is 0 Å². The van der Waals surface area contributed by atoms with Crippen LogP contribution >= 0.6 is 0 Å². The third-order valence-corrected chi connectivity index (χ3v) is 4.76. The van der Waals surface area contributed by atoms with Crippen molar-refractivity contribution < 1.29 is 14.5 Å². The first-order valence-corrected chi connectivity index (χ1v) is 9.36. The molecule has 2 rings (SSSR count). The number of methoxy groups -OCH3 is 1. The van der Waals surface area contributed by atoms with Crippen LogP contribution in [0.5, 0.6) is 5.75 Å². The predicted molar refractivity (Wildman–Crippen MR) is 109 cm³/mol. The van der Waals surface area contributed by atoms with Crippen LogP contribution in [-0.2, 0) is 0 Å². The molecule has 0 bridgehead atoms. The minimum Gasteiger partial charge on any atom is -0.497 e. The molecule has 0 aliphatic rings. The second-order valence-corrected chi connectivity index (χ2v) is 6.37. The van der Waals surface area contributed by atoms with Gasteiger partial charge in [0.2, 0.25) is 0 Å². The minimum absolute atomic E-state index is 0.0786. The van der Waals surface area contributed by atoms with Crippen molar-refractivity contribution in [1.82, 2.24) is 10.2 Å². The number of ether oxygens (including phenoxy) is 1. The molecule has 0 spiro atoms. The number of nitrogens with one attached hydrogen (secondary N) is 1. The van der Waals surface area contributed by atoms with Gasteiger partial charge in [-0.2, -0.15) is 0 Å². The molecular formula is C21H27N3O4. The molecule has 1 N–H and O–H groups in total. The molecule has 150 valence electrons. The molecule has 0 fully saturated rings. The van der Waals surface area contributed by atoms with Gasteiger partial charge in [-0.15, -0.1) is 0 Å². The maximum Gasteiger partial charge on any atom is 0.270 e. The highest BCUT2D eigenvalue weighted by atomic mass is 16.6. The third kappa shape index (κ3) is 5.61. The number of nitrogens with zero attached hydrogens (tertiary/aromatic N) is 2. The van der Waals surface area contributed by atoms with Gasteiger partial charge in [0.1, 0.15) is 5.75 Å².